The number of hydrogen-bond donors (Lipinski definition) is 0. The SMILES string of the molecule is CCOC(=S)SC(CCCCCCCCC(=O)OC)CC(F)(F)SCc1ccc(Cl)cc1. The fourth-order valence-electron chi connectivity index (χ4n) is 3.03. The van der Waals surface area contributed by atoms with Gasteiger partial charge in [-0.3, -0.25) is 4.79 Å². The van der Waals surface area contributed by atoms with Crippen LogP contribution in [0.25, 0.3) is 0 Å². The molecule has 1 unspecified atom stereocenters. The first-order valence-corrected chi connectivity index (χ1v) is 13.6. The van der Waals surface area contributed by atoms with Gasteiger partial charge in [0, 0.05) is 28.9 Å². The summed E-state index contributed by atoms with van der Waals surface area (Å²) in [5, 5.41) is -2.55. The maximum absolute atomic E-state index is 14.7. The molecule has 0 aromatic heterocycles. The number of carbonyl (C=O) groups excluding carboxylic acids is 1. The normalized spacial score (nSPS) is 12.4. The van der Waals surface area contributed by atoms with E-state index in [2.05, 4.69) is 4.74 Å². The number of ether oxygens (including phenoxy) is 2. The van der Waals surface area contributed by atoms with Gasteiger partial charge in [-0.25, -0.2) is 0 Å². The van der Waals surface area contributed by atoms with Crippen molar-refractivity contribution in [2.24, 2.45) is 0 Å². The number of hydrogen-bond acceptors (Lipinski definition) is 6. The lowest BCUT2D eigenvalue weighted by molar-refractivity contribution is -0.140. The molecule has 0 aliphatic heterocycles. The molecule has 1 aromatic carbocycles. The molecule has 3 nitrogen and oxygen atoms in total. The summed E-state index contributed by atoms with van der Waals surface area (Å²) in [4.78, 5) is 11.1. The lowest BCUT2D eigenvalue weighted by Gasteiger charge is -2.23. The van der Waals surface area contributed by atoms with Crippen LogP contribution in [0.1, 0.15) is 70.3 Å². The Morgan fingerprint density at radius 1 is 1.12 bits per heavy atom. The predicted molar refractivity (Wildman–Crippen MR) is 137 cm³/mol. The molecule has 182 valence electrons. The van der Waals surface area contributed by atoms with Crippen LogP contribution in [0, 0.1) is 0 Å². The summed E-state index contributed by atoms with van der Waals surface area (Å²) in [6.07, 6.45) is 6.55. The minimum Gasteiger partial charge on any atom is -0.479 e. The van der Waals surface area contributed by atoms with E-state index in [0.29, 0.717) is 40.6 Å². The first kappa shape index (κ1) is 29.5. The second kappa shape index (κ2) is 17.0. The predicted octanol–water partition coefficient (Wildman–Crippen LogP) is 8.27. The topological polar surface area (TPSA) is 35.5 Å². The van der Waals surface area contributed by atoms with Crippen molar-refractivity contribution >= 4 is 57.7 Å². The van der Waals surface area contributed by atoms with Crippen LogP contribution in [0.15, 0.2) is 24.3 Å². The Morgan fingerprint density at radius 3 is 2.38 bits per heavy atom. The summed E-state index contributed by atoms with van der Waals surface area (Å²) in [7, 11) is 1.40. The lowest BCUT2D eigenvalue weighted by Crippen LogP contribution is -2.20. The van der Waals surface area contributed by atoms with Gasteiger partial charge in [0.2, 0.25) is 4.38 Å². The van der Waals surface area contributed by atoms with E-state index < -0.39 is 5.25 Å². The van der Waals surface area contributed by atoms with Gasteiger partial charge in [0.05, 0.1) is 13.7 Å². The molecular weight excluding hydrogens is 494 g/mol. The van der Waals surface area contributed by atoms with Crippen molar-refractivity contribution in [3.63, 3.8) is 0 Å². The summed E-state index contributed by atoms with van der Waals surface area (Å²) < 4.78 is 39.7. The summed E-state index contributed by atoms with van der Waals surface area (Å²) in [5.74, 6) is 0.0493. The monoisotopic (exact) mass is 526 g/mol. The number of methoxy groups -OCH3 is 1. The molecule has 9 heteroatoms. The highest BCUT2D eigenvalue weighted by Gasteiger charge is 2.34. The molecule has 0 saturated carbocycles. The number of thiocarbonyl (C=S) groups is 1. The van der Waals surface area contributed by atoms with Gasteiger partial charge in [0.25, 0.3) is 5.25 Å². The van der Waals surface area contributed by atoms with Crippen LogP contribution in [0.5, 0.6) is 0 Å². The molecule has 0 aliphatic carbocycles. The smallest absolute Gasteiger partial charge is 0.305 e. The maximum atomic E-state index is 14.7. The Labute approximate surface area is 209 Å². The first-order valence-electron chi connectivity index (χ1n) is 10.9. The van der Waals surface area contributed by atoms with Crippen molar-refractivity contribution in [1.29, 1.82) is 0 Å². The van der Waals surface area contributed by atoms with E-state index in [9.17, 15) is 13.6 Å². The third-order valence-electron chi connectivity index (χ3n) is 4.74. The van der Waals surface area contributed by atoms with Gasteiger partial charge in [-0.05, 0) is 49.7 Å². The van der Waals surface area contributed by atoms with E-state index in [1.807, 2.05) is 6.92 Å². The van der Waals surface area contributed by atoms with E-state index in [0.717, 1.165) is 44.1 Å². The average Bonchev–Trinajstić information content (AvgIpc) is 2.74. The molecule has 0 saturated heterocycles. The molecule has 0 fully saturated rings. The summed E-state index contributed by atoms with van der Waals surface area (Å²) in [6.45, 7) is 2.27. The Bertz CT molecular complexity index is 675. The highest BCUT2D eigenvalue weighted by molar-refractivity contribution is 8.23. The fraction of sp³-hybridized carbons (Fsp3) is 0.652. The second-order valence-electron chi connectivity index (χ2n) is 7.42. The van der Waals surface area contributed by atoms with Crippen molar-refractivity contribution in [2.75, 3.05) is 13.7 Å². The molecule has 0 amide bonds. The number of thioether (sulfide) groups is 2. The van der Waals surface area contributed by atoms with Crippen molar-refractivity contribution in [1.82, 2.24) is 0 Å². The van der Waals surface area contributed by atoms with Gasteiger partial charge in [-0.2, -0.15) is 8.78 Å². The highest BCUT2D eigenvalue weighted by Crippen LogP contribution is 2.40. The quantitative estimate of drug-likeness (QED) is 0.122. The van der Waals surface area contributed by atoms with Crippen molar-refractivity contribution < 1.29 is 23.0 Å². The molecule has 0 heterocycles. The summed E-state index contributed by atoms with van der Waals surface area (Å²) in [6, 6.07) is 6.97. The van der Waals surface area contributed by atoms with Crippen LogP contribution >= 0.6 is 47.3 Å². The molecule has 1 aromatic rings. The second-order valence-corrected chi connectivity index (χ2v) is 10.9. The third-order valence-corrected chi connectivity index (χ3v) is 7.51. The zero-order valence-electron chi connectivity index (χ0n) is 18.7. The standard InChI is InChI=1S/C23H33ClF2O3S3/c1-3-29-22(30)32-20(10-8-6-4-5-7-9-11-21(27)28-2)16-23(25,26)31-17-18-12-14-19(24)15-13-18/h12-15,20H,3-11,16-17H2,1-2H3. The van der Waals surface area contributed by atoms with Crippen LogP contribution < -0.4 is 0 Å². The molecule has 0 radical (unpaired) electrons. The maximum Gasteiger partial charge on any atom is 0.305 e. The average molecular weight is 527 g/mol. The van der Waals surface area contributed by atoms with Gasteiger partial charge >= 0.3 is 5.97 Å². The Hall–Kier alpha value is -0.570. The van der Waals surface area contributed by atoms with Gasteiger partial charge in [-0.1, -0.05) is 79.4 Å². The van der Waals surface area contributed by atoms with E-state index in [1.165, 1.54) is 18.9 Å². The minimum atomic E-state index is -2.85. The Balaban J connectivity index is 2.42. The summed E-state index contributed by atoms with van der Waals surface area (Å²) >= 11 is 12.9. The molecule has 0 bridgehead atoms. The molecule has 32 heavy (non-hydrogen) atoms. The number of rotatable bonds is 16. The van der Waals surface area contributed by atoms with Gasteiger partial charge in [0.15, 0.2) is 0 Å². The fourth-order valence-corrected chi connectivity index (χ4v) is 5.72. The van der Waals surface area contributed by atoms with Crippen LogP contribution in [-0.2, 0) is 20.0 Å². The van der Waals surface area contributed by atoms with E-state index in [1.54, 1.807) is 24.3 Å². The first-order chi connectivity index (χ1) is 15.3. The van der Waals surface area contributed by atoms with Gasteiger partial charge < -0.3 is 9.47 Å². The number of halogens is 3. The number of carbonyl (C=O) groups is 1. The number of unbranched alkanes of at least 4 members (excludes halogenated alkanes) is 5. The molecular formula is C23H33ClF2O3S3. The van der Waals surface area contributed by atoms with Gasteiger partial charge in [0.1, 0.15) is 0 Å². The highest BCUT2D eigenvalue weighted by atomic mass is 35.5. The number of alkyl halides is 2. The largest absolute Gasteiger partial charge is 0.479 e. The Morgan fingerprint density at radius 2 is 1.75 bits per heavy atom. The molecule has 1 rings (SSSR count). The van der Waals surface area contributed by atoms with Crippen molar-refractivity contribution in [2.45, 2.75) is 81.0 Å². The number of esters is 1. The minimum absolute atomic E-state index is 0.176. The molecule has 1 atom stereocenters. The van der Waals surface area contributed by atoms with Crippen LogP contribution in [0.2, 0.25) is 5.02 Å². The van der Waals surface area contributed by atoms with E-state index in [-0.39, 0.29) is 23.4 Å². The Kier molecular flexibility index (Phi) is 15.6. The van der Waals surface area contributed by atoms with E-state index in [4.69, 9.17) is 28.6 Å². The van der Waals surface area contributed by atoms with Crippen LogP contribution in [-0.4, -0.2) is 34.6 Å². The van der Waals surface area contributed by atoms with Crippen LogP contribution in [0.3, 0.4) is 0 Å². The van der Waals surface area contributed by atoms with Crippen molar-refractivity contribution in [3.05, 3.63) is 34.9 Å². The van der Waals surface area contributed by atoms with E-state index >= 15 is 0 Å². The summed E-state index contributed by atoms with van der Waals surface area (Å²) in [5.41, 5.74) is 0.820. The zero-order valence-corrected chi connectivity index (χ0v) is 22.0. The molecule has 0 spiro atoms. The molecule has 0 N–H and O–H groups in total. The number of benzene rings is 1. The van der Waals surface area contributed by atoms with Gasteiger partial charge in [-0.15, -0.1) is 0 Å². The third kappa shape index (κ3) is 14.6. The molecule has 0 aliphatic rings. The lowest BCUT2D eigenvalue weighted by atomic mass is 10.1. The van der Waals surface area contributed by atoms with Crippen LogP contribution in [0.4, 0.5) is 8.78 Å². The van der Waals surface area contributed by atoms with Crippen molar-refractivity contribution in [3.8, 4) is 0 Å². The zero-order chi connectivity index (χ0) is 23.8.